The Morgan fingerprint density at radius 1 is 1.21 bits per heavy atom. The lowest BCUT2D eigenvalue weighted by molar-refractivity contribution is -0.156. The van der Waals surface area contributed by atoms with Crippen LogP contribution < -0.4 is 5.32 Å². The largest absolute Gasteiger partial charge is 0.451 e. The standard InChI is InChI=1S/C18H24N2O4/c1-13-7-9-15(10-8-13)19-18(23)14(2)24-17(22)12-20-11-5-3-4-6-16(20)21/h7-10,14H,3-6,11-12H2,1-2H3,(H,19,23)/t14-/m0/s1. The predicted octanol–water partition coefficient (Wildman–Crippen LogP) is 2.27. The molecule has 1 aliphatic heterocycles. The van der Waals surface area contributed by atoms with Crippen LogP contribution >= 0.6 is 0 Å². The van der Waals surface area contributed by atoms with E-state index in [9.17, 15) is 14.4 Å². The van der Waals surface area contributed by atoms with Gasteiger partial charge < -0.3 is 15.0 Å². The van der Waals surface area contributed by atoms with Crippen LogP contribution in [0.2, 0.25) is 0 Å². The molecule has 6 nitrogen and oxygen atoms in total. The summed E-state index contributed by atoms with van der Waals surface area (Å²) in [6, 6.07) is 7.35. The number of rotatable bonds is 5. The van der Waals surface area contributed by atoms with Crippen molar-refractivity contribution in [1.82, 2.24) is 4.90 Å². The van der Waals surface area contributed by atoms with E-state index in [1.54, 1.807) is 12.1 Å². The average Bonchev–Trinajstić information content (AvgIpc) is 2.74. The van der Waals surface area contributed by atoms with Crippen molar-refractivity contribution in [3.8, 4) is 0 Å². The number of benzene rings is 1. The van der Waals surface area contributed by atoms with Gasteiger partial charge in [-0.15, -0.1) is 0 Å². The summed E-state index contributed by atoms with van der Waals surface area (Å²) in [5.74, 6) is -0.979. The maximum atomic E-state index is 12.1. The van der Waals surface area contributed by atoms with Gasteiger partial charge in [-0.25, -0.2) is 0 Å². The molecular formula is C18H24N2O4. The fourth-order valence-corrected chi connectivity index (χ4v) is 2.53. The van der Waals surface area contributed by atoms with Crippen LogP contribution in [0.25, 0.3) is 0 Å². The Morgan fingerprint density at radius 3 is 2.62 bits per heavy atom. The lowest BCUT2D eigenvalue weighted by Crippen LogP contribution is -2.38. The molecule has 1 heterocycles. The minimum Gasteiger partial charge on any atom is -0.451 e. The van der Waals surface area contributed by atoms with E-state index < -0.39 is 18.0 Å². The van der Waals surface area contributed by atoms with Gasteiger partial charge in [0, 0.05) is 18.7 Å². The van der Waals surface area contributed by atoms with Crippen molar-refractivity contribution in [2.24, 2.45) is 0 Å². The van der Waals surface area contributed by atoms with Crippen LogP contribution in [0.5, 0.6) is 0 Å². The van der Waals surface area contributed by atoms with Gasteiger partial charge in [-0.2, -0.15) is 0 Å². The fraction of sp³-hybridized carbons (Fsp3) is 0.500. The molecule has 1 aromatic rings. The molecule has 1 saturated heterocycles. The Hall–Kier alpha value is -2.37. The van der Waals surface area contributed by atoms with Crippen molar-refractivity contribution in [2.45, 2.75) is 45.6 Å². The van der Waals surface area contributed by atoms with Gasteiger partial charge in [-0.3, -0.25) is 14.4 Å². The molecule has 2 rings (SSSR count). The molecule has 0 radical (unpaired) electrons. The highest BCUT2D eigenvalue weighted by Gasteiger charge is 2.23. The molecule has 130 valence electrons. The molecule has 2 amide bonds. The highest BCUT2D eigenvalue weighted by Crippen LogP contribution is 2.12. The molecule has 0 spiro atoms. The third-order valence-corrected chi connectivity index (χ3v) is 3.99. The number of nitrogens with zero attached hydrogens (tertiary/aromatic N) is 1. The first-order valence-electron chi connectivity index (χ1n) is 8.30. The van der Waals surface area contributed by atoms with E-state index >= 15 is 0 Å². The predicted molar refractivity (Wildman–Crippen MR) is 90.4 cm³/mol. The van der Waals surface area contributed by atoms with Crippen LogP contribution in [-0.4, -0.2) is 41.9 Å². The lowest BCUT2D eigenvalue weighted by Gasteiger charge is -2.20. The highest BCUT2D eigenvalue weighted by atomic mass is 16.5. The fourth-order valence-electron chi connectivity index (χ4n) is 2.53. The van der Waals surface area contributed by atoms with Crippen LogP contribution in [-0.2, 0) is 19.1 Å². The summed E-state index contributed by atoms with van der Waals surface area (Å²) in [7, 11) is 0. The van der Waals surface area contributed by atoms with Crippen LogP contribution in [0.4, 0.5) is 5.69 Å². The normalized spacial score (nSPS) is 16.2. The van der Waals surface area contributed by atoms with Gasteiger partial charge in [0.25, 0.3) is 5.91 Å². The number of anilines is 1. The smallest absolute Gasteiger partial charge is 0.326 e. The maximum absolute atomic E-state index is 12.1. The van der Waals surface area contributed by atoms with E-state index in [1.165, 1.54) is 11.8 Å². The van der Waals surface area contributed by atoms with Crippen LogP contribution in [0, 0.1) is 6.92 Å². The van der Waals surface area contributed by atoms with E-state index in [2.05, 4.69) is 5.32 Å². The van der Waals surface area contributed by atoms with Gasteiger partial charge in [-0.1, -0.05) is 24.1 Å². The van der Waals surface area contributed by atoms with Crippen molar-refractivity contribution in [3.63, 3.8) is 0 Å². The molecule has 0 aromatic heterocycles. The van der Waals surface area contributed by atoms with Crippen molar-refractivity contribution in [2.75, 3.05) is 18.4 Å². The summed E-state index contributed by atoms with van der Waals surface area (Å²) in [6.07, 6.45) is 2.30. The van der Waals surface area contributed by atoms with Gasteiger partial charge in [0.05, 0.1) is 0 Å². The molecule has 1 atom stereocenters. The highest BCUT2D eigenvalue weighted by molar-refractivity contribution is 5.95. The Bertz CT molecular complexity index is 598. The third kappa shape index (κ3) is 5.37. The number of hydrogen-bond donors (Lipinski definition) is 1. The summed E-state index contributed by atoms with van der Waals surface area (Å²) in [5, 5.41) is 2.70. The number of ether oxygens (including phenoxy) is 1. The number of carbonyl (C=O) groups is 3. The van der Waals surface area contributed by atoms with Gasteiger partial charge >= 0.3 is 5.97 Å². The van der Waals surface area contributed by atoms with Gasteiger partial charge in [0.2, 0.25) is 5.91 Å². The van der Waals surface area contributed by atoms with E-state index in [0.29, 0.717) is 18.7 Å². The first-order valence-corrected chi connectivity index (χ1v) is 8.30. The Morgan fingerprint density at radius 2 is 1.92 bits per heavy atom. The number of likely N-dealkylation sites (tertiary alicyclic amines) is 1. The molecule has 1 fully saturated rings. The molecular weight excluding hydrogens is 308 g/mol. The second-order valence-corrected chi connectivity index (χ2v) is 6.11. The summed E-state index contributed by atoms with van der Waals surface area (Å²) in [5.41, 5.74) is 1.74. The van der Waals surface area contributed by atoms with Crippen molar-refractivity contribution in [3.05, 3.63) is 29.8 Å². The van der Waals surface area contributed by atoms with Crippen molar-refractivity contribution in [1.29, 1.82) is 0 Å². The second kappa shape index (κ2) is 8.47. The topological polar surface area (TPSA) is 75.7 Å². The van der Waals surface area contributed by atoms with Gasteiger partial charge in [0.15, 0.2) is 6.10 Å². The average molecular weight is 332 g/mol. The summed E-state index contributed by atoms with van der Waals surface area (Å²) < 4.78 is 5.16. The molecule has 6 heteroatoms. The van der Waals surface area contributed by atoms with Crippen molar-refractivity contribution >= 4 is 23.5 Å². The molecule has 0 aliphatic carbocycles. The van der Waals surface area contributed by atoms with Crippen LogP contribution in [0.3, 0.4) is 0 Å². The van der Waals surface area contributed by atoms with E-state index in [-0.39, 0.29) is 12.5 Å². The summed E-state index contributed by atoms with van der Waals surface area (Å²) in [4.78, 5) is 37.5. The molecule has 24 heavy (non-hydrogen) atoms. The minimum atomic E-state index is -0.916. The van der Waals surface area contributed by atoms with Crippen molar-refractivity contribution < 1.29 is 19.1 Å². The third-order valence-electron chi connectivity index (χ3n) is 3.99. The second-order valence-electron chi connectivity index (χ2n) is 6.11. The Kier molecular flexibility index (Phi) is 6.35. The summed E-state index contributed by atoms with van der Waals surface area (Å²) in [6.45, 7) is 3.95. The maximum Gasteiger partial charge on any atom is 0.326 e. The molecule has 0 unspecified atom stereocenters. The Labute approximate surface area is 142 Å². The zero-order valence-corrected chi connectivity index (χ0v) is 14.2. The van der Waals surface area contributed by atoms with E-state index in [1.807, 2.05) is 19.1 Å². The summed E-state index contributed by atoms with van der Waals surface area (Å²) >= 11 is 0. The molecule has 0 bridgehead atoms. The van der Waals surface area contributed by atoms with E-state index in [4.69, 9.17) is 4.74 Å². The number of carbonyl (C=O) groups excluding carboxylic acids is 3. The monoisotopic (exact) mass is 332 g/mol. The Balaban J connectivity index is 1.82. The number of hydrogen-bond acceptors (Lipinski definition) is 4. The first kappa shape index (κ1) is 18.0. The molecule has 1 aliphatic rings. The van der Waals surface area contributed by atoms with Crippen LogP contribution in [0.15, 0.2) is 24.3 Å². The number of esters is 1. The van der Waals surface area contributed by atoms with E-state index in [0.717, 1.165) is 24.8 Å². The molecule has 1 N–H and O–H groups in total. The zero-order valence-electron chi connectivity index (χ0n) is 14.2. The number of amides is 2. The van der Waals surface area contributed by atoms with Gasteiger partial charge in [0.1, 0.15) is 6.54 Å². The SMILES string of the molecule is Cc1ccc(NC(=O)[C@H](C)OC(=O)CN2CCCCCC2=O)cc1. The van der Waals surface area contributed by atoms with Gasteiger partial charge in [-0.05, 0) is 38.8 Å². The molecule has 1 aromatic carbocycles. The first-order chi connectivity index (χ1) is 11.5. The number of nitrogens with one attached hydrogen (secondary N) is 1. The minimum absolute atomic E-state index is 0.0267. The quantitative estimate of drug-likeness (QED) is 0.839. The molecule has 0 saturated carbocycles. The van der Waals surface area contributed by atoms with Crippen LogP contribution in [0.1, 0.15) is 38.2 Å². The number of aryl methyl sites for hydroxylation is 1. The zero-order chi connectivity index (χ0) is 17.5. The lowest BCUT2D eigenvalue weighted by atomic mass is 10.2.